The largest absolute Gasteiger partial charge is 0.481 e. The molecule has 4 N–H and O–H groups in total. The molecule has 2 aliphatic rings. The third kappa shape index (κ3) is 3.95. The van der Waals surface area contributed by atoms with Crippen LogP contribution in [0.25, 0.3) is 0 Å². The first-order chi connectivity index (χ1) is 9.43. The number of carbonyl (C=O) groups is 2. The number of carboxylic acid groups (broad SMARTS) is 1. The number of carbonyl (C=O) groups excluding carboxylic acids is 1. The van der Waals surface area contributed by atoms with Crippen molar-refractivity contribution in [3.8, 4) is 0 Å². The van der Waals surface area contributed by atoms with Crippen molar-refractivity contribution in [3.63, 3.8) is 0 Å². The van der Waals surface area contributed by atoms with Crippen molar-refractivity contribution in [1.29, 1.82) is 0 Å². The van der Waals surface area contributed by atoms with Crippen LogP contribution >= 0.6 is 0 Å². The summed E-state index contributed by atoms with van der Waals surface area (Å²) in [5.74, 6) is -0.912. The molecular weight excluding hydrogens is 256 g/mol. The van der Waals surface area contributed by atoms with Crippen molar-refractivity contribution in [2.24, 2.45) is 5.73 Å². The third-order valence-corrected chi connectivity index (χ3v) is 4.82. The fourth-order valence-corrected chi connectivity index (χ4v) is 3.78. The Balaban J connectivity index is 1.93. The minimum Gasteiger partial charge on any atom is -0.481 e. The lowest BCUT2D eigenvalue weighted by Gasteiger charge is -2.35. The summed E-state index contributed by atoms with van der Waals surface area (Å²) < 4.78 is 0. The molecule has 2 aliphatic carbocycles. The average Bonchev–Trinajstić information content (AvgIpc) is 2.76. The van der Waals surface area contributed by atoms with Gasteiger partial charge in [0.25, 0.3) is 0 Å². The van der Waals surface area contributed by atoms with Gasteiger partial charge in [-0.1, -0.05) is 32.1 Å². The molecule has 0 aliphatic heterocycles. The Hall–Kier alpha value is -1.10. The fraction of sp³-hybridized carbons (Fsp3) is 0.867. The highest BCUT2D eigenvalue weighted by atomic mass is 16.4. The molecule has 0 unspecified atom stereocenters. The Kier molecular flexibility index (Phi) is 4.68. The Morgan fingerprint density at radius 2 is 1.50 bits per heavy atom. The van der Waals surface area contributed by atoms with Crippen LogP contribution in [0.15, 0.2) is 0 Å². The summed E-state index contributed by atoms with van der Waals surface area (Å²) in [6, 6.07) is 0. The SMILES string of the molecule is NC1(CC(=O)NC2(CC(=O)O)CCCC2)CCCCC1. The summed E-state index contributed by atoms with van der Waals surface area (Å²) in [4.78, 5) is 23.3. The van der Waals surface area contributed by atoms with E-state index in [-0.39, 0.29) is 17.9 Å². The van der Waals surface area contributed by atoms with Crippen LogP contribution in [0.2, 0.25) is 0 Å². The van der Waals surface area contributed by atoms with Gasteiger partial charge in [0.2, 0.25) is 5.91 Å². The zero-order chi connectivity index (χ0) is 14.6. The van der Waals surface area contributed by atoms with Crippen LogP contribution in [0.3, 0.4) is 0 Å². The lowest BCUT2D eigenvalue weighted by Crippen LogP contribution is -2.52. The van der Waals surface area contributed by atoms with Crippen LogP contribution in [0.5, 0.6) is 0 Å². The maximum absolute atomic E-state index is 12.3. The molecular formula is C15H26N2O3. The Morgan fingerprint density at radius 3 is 2.05 bits per heavy atom. The van der Waals surface area contributed by atoms with Crippen LogP contribution in [0, 0.1) is 0 Å². The van der Waals surface area contributed by atoms with E-state index in [1.165, 1.54) is 6.42 Å². The van der Waals surface area contributed by atoms with E-state index in [4.69, 9.17) is 10.8 Å². The second-order valence-electron chi connectivity index (χ2n) is 6.71. The van der Waals surface area contributed by atoms with Crippen LogP contribution in [0.1, 0.15) is 70.6 Å². The molecule has 5 nitrogen and oxygen atoms in total. The van der Waals surface area contributed by atoms with E-state index >= 15 is 0 Å². The van der Waals surface area contributed by atoms with E-state index in [0.29, 0.717) is 6.42 Å². The van der Waals surface area contributed by atoms with Crippen molar-refractivity contribution in [1.82, 2.24) is 5.32 Å². The van der Waals surface area contributed by atoms with Crippen LogP contribution in [0.4, 0.5) is 0 Å². The summed E-state index contributed by atoms with van der Waals surface area (Å²) in [7, 11) is 0. The molecule has 0 aromatic rings. The number of hydrogen-bond donors (Lipinski definition) is 3. The van der Waals surface area contributed by atoms with Gasteiger partial charge in [0, 0.05) is 12.0 Å². The average molecular weight is 282 g/mol. The van der Waals surface area contributed by atoms with Gasteiger partial charge in [-0.2, -0.15) is 0 Å². The van der Waals surface area contributed by atoms with E-state index in [1.54, 1.807) is 0 Å². The fourth-order valence-electron chi connectivity index (χ4n) is 3.78. The molecule has 114 valence electrons. The molecule has 5 heteroatoms. The Labute approximate surface area is 120 Å². The summed E-state index contributed by atoms with van der Waals surface area (Å²) in [6.45, 7) is 0. The number of nitrogens with two attached hydrogens (primary N) is 1. The van der Waals surface area contributed by atoms with E-state index in [9.17, 15) is 9.59 Å². The maximum Gasteiger partial charge on any atom is 0.305 e. The topological polar surface area (TPSA) is 92.4 Å². The molecule has 20 heavy (non-hydrogen) atoms. The van der Waals surface area contributed by atoms with E-state index < -0.39 is 11.5 Å². The van der Waals surface area contributed by atoms with Crippen molar-refractivity contribution in [2.75, 3.05) is 0 Å². The standard InChI is InChI=1S/C15H26N2O3/c16-14(6-2-1-3-7-14)10-12(18)17-15(11-13(19)20)8-4-5-9-15/h1-11,16H2,(H,17,18)(H,19,20). The minimum atomic E-state index is -0.840. The quantitative estimate of drug-likeness (QED) is 0.718. The minimum absolute atomic E-state index is 0.0241. The molecule has 0 heterocycles. The first-order valence-corrected chi connectivity index (χ1v) is 7.75. The summed E-state index contributed by atoms with van der Waals surface area (Å²) in [5.41, 5.74) is 5.38. The smallest absolute Gasteiger partial charge is 0.305 e. The second kappa shape index (κ2) is 6.12. The number of amides is 1. The third-order valence-electron chi connectivity index (χ3n) is 4.82. The van der Waals surface area contributed by atoms with Gasteiger partial charge in [-0.15, -0.1) is 0 Å². The predicted octanol–water partition coefficient (Wildman–Crippen LogP) is 1.94. The Bertz CT molecular complexity index is 369. The summed E-state index contributed by atoms with van der Waals surface area (Å²) >= 11 is 0. The van der Waals surface area contributed by atoms with Gasteiger partial charge in [0.05, 0.1) is 12.0 Å². The van der Waals surface area contributed by atoms with Crippen LogP contribution < -0.4 is 11.1 Å². The van der Waals surface area contributed by atoms with Gasteiger partial charge in [-0.05, 0) is 25.7 Å². The molecule has 0 atom stereocenters. The van der Waals surface area contributed by atoms with Gasteiger partial charge in [0.15, 0.2) is 0 Å². The van der Waals surface area contributed by atoms with Crippen LogP contribution in [-0.2, 0) is 9.59 Å². The zero-order valence-electron chi connectivity index (χ0n) is 12.1. The highest BCUT2D eigenvalue weighted by Crippen LogP contribution is 2.34. The molecule has 2 saturated carbocycles. The first-order valence-electron chi connectivity index (χ1n) is 7.75. The van der Waals surface area contributed by atoms with Gasteiger partial charge in [-0.3, -0.25) is 9.59 Å². The maximum atomic E-state index is 12.3. The van der Waals surface area contributed by atoms with Gasteiger partial charge in [-0.25, -0.2) is 0 Å². The molecule has 0 aromatic heterocycles. The van der Waals surface area contributed by atoms with Crippen molar-refractivity contribution in [2.45, 2.75) is 81.7 Å². The van der Waals surface area contributed by atoms with Gasteiger partial charge >= 0.3 is 5.97 Å². The molecule has 1 amide bonds. The molecule has 0 saturated heterocycles. The van der Waals surface area contributed by atoms with Gasteiger partial charge in [0.1, 0.15) is 0 Å². The van der Waals surface area contributed by atoms with E-state index in [0.717, 1.165) is 51.4 Å². The van der Waals surface area contributed by atoms with Crippen molar-refractivity contribution < 1.29 is 14.7 Å². The number of aliphatic carboxylic acids is 1. The van der Waals surface area contributed by atoms with Crippen molar-refractivity contribution >= 4 is 11.9 Å². The Morgan fingerprint density at radius 1 is 0.950 bits per heavy atom. The summed E-state index contributed by atoms with van der Waals surface area (Å²) in [6.07, 6.45) is 9.02. The molecule has 0 spiro atoms. The highest BCUT2D eigenvalue weighted by Gasteiger charge is 2.39. The molecule has 0 bridgehead atoms. The van der Waals surface area contributed by atoms with Gasteiger partial charge < -0.3 is 16.2 Å². The number of carboxylic acids is 1. The first kappa shape index (κ1) is 15.3. The lowest BCUT2D eigenvalue weighted by molar-refractivity contribution is -0.139. The predicted molar refractivity (Wildman–Crippen MR) is 76.2 cm³/mol. The lowest BCUT2D eigenvalue weighted by atomic mass is 9.79. The molecule has 2 fully saturated rings. The normalized spacial score (nSPS) is 24.2. The number of hydrogen-bond acceptors (Lipinski definition) is 3. The van der Waals surface area contributed by atoms with E-state index in [2.05, 4.69) is 5.32 Å². The molecule has 0 aromatic carbocycles. The second-order valence-corrected chi connectivity index (χ2v) is 6.71. The highest BCUT2D eigenvalue weighted by molar-refractivity contribution is 5.79. The van der Waals surface area contributed by atoms with Crippen molar-refractivity contribution in [3.05, 3.63) is 0 Å². The summed E-state index contributed by atoms with van der Waals surface area (Å²) in [5, 5.41) is 12.0. The zero-order valence-corrected chi connectivity index (χ0v) is 12.1. The molecule has 0 radical (unpaired) electrons. The van der Waals surface area contributed by atoms with E-state index in [1.807, 2.05) is 0 Å². The van der Waals surface area contributed by atoms with Crippen LogP contribution in [-0.4, -0.2) is 28.1 Å². The number of nitrogens with one attached hydrogen (secondary N) is 1. The monoisotopic (exact) mass is 282 g/mol. The molecule has 2 rings (SSSR count). The number of rotatable bonds is 5.